The van der Waals surface area contributed by atoms with E-state index in [9.17, 15) is 4.79 Å². The molecule has 138 valence electrons. The zero-order valence-electron chi connectivity index (χ0n) is 15.7. The van der Waals surface area contributed by atoms with E-state index < -0.39 is 0 Å². The van der Waals surface area contributed by atoms with Gasteiger partial charge in [-0.2, -0.15) is 0 Å². The number of para-hydroxylation sites is 1. The SMILES string of the molecule is Cc1noc(C)c1CCC(=O)N[C@@H](Cn1nnc2ccccc21)C(C)C. The summed E-state index contributed by atoms with van der Waals surface area (Å²) in [5.74, 6) is 1.08. The molecule has 0 bridgehead atoms. The Hall–Kier alpha value is -2.70. The Morgan fingerprint density at radius 1 is 1.27 bits per heavy atom. The summed E-state index contributed by atoms with van der Waals surface area (Å²) in [4.78, 5) is 12.5. The number of rotatable bonds is 7. The van der Waals surface area contributed by atoms with Crippen molar-refractivity contribution in [1.82, 2.24) is 25.5 Å². The van der Waals surface area contributed by atoms with Gasteiger partial charge in [-0.1, -0.05) is 36.4 Å². The van der Waals surface area contributed by atoms with E-state index in [1.54, 1.807) is 0 Å². The average Bonchev–Trinajstić information content (AvgIpc) is 3.16. The van der Waals surface area contributed by atoms with Gasteiger partial charge in [-0.25, -0.2) is 4.68 Å². The number of aryl methyl sites for hydroxylation is 2. The van der Waals surface area contributed by atoms with Crippen LogP contribution in [0.5, 0.6) is 0 Å². The van der Waals surface area contributed by atoms with Gasteiger partial charge >= 0.3 is 0 Å². The molecule has 3 aromatic rings. The Morgan fingerprint density at radius 3 is 2.73 bits per heavy atom. The zero-order chi connectivity index (χ0) is 18.7. The molecule has 2 heterocycles. The minimum absolute atomic E-state index is 0.0164. The highest BCUT2D eigenvalue weighted by Crippen LogP contribution is 2.15. The summed E-state index contributed by atoms with van der Waals surface area (Å²) in [6.45, 7) is 8.56. The molecule has 3 rings (SSSR count). The quantitative estimate of drug-likeness (QED) is 0.704. The monoisotopic (exact) mass is 355 g/mol. The molecule has 0 aliphatic rings. The first kappa shape index (κ1) is 18.1. The molecule has 0 radical (unpaired) electrons. The van der Waals surface area contributed by atoms with Crippen LogP contribution in [-0.4, -0.2) is 32.1 Å². The van der Waals surface area contributed by atoms with Crippen LogP contribution in [0.3, 0.4) is 0 Å². The molecule has 0 saturated carbocycles. The topological polar surface area (TPSA) is 85.8 Å². The van der Waals surface area contributed by atoms with Gasteiger partial charge in [0.25, 0.3) is 0 Å². The number of fused-ring (bicyclic) bond motifs is 1. The summed E-state index contributed by atoms with van der Waals surface area (Å²) >= 11 is 0. The van der Waals surface area contributed by atoms with Crippen molar-refractivity contribution in [2.45, 2.75) is 53.1 Å². The van der Waals surface area contributed by atoms with Crippen LogP contribution >= 0.6 is 0 Å². The second kappa shape index (κ2) is 7.68. The predicted octanol–water partition coefficient (Wildman–Crippen LogP) is 2.81. The van der Waals surface area contributed by atoms with Gasteiger partial charge in [0.1, 0.15) is 11.3 Å². The normalized spacial score (nSPS) is 12.7. The van der Waals surface area contributed by atoms with E-state index in [2.05, 4.69) is 34.6 Å². The van der Waals surface area contributed by atoms with E-state index in [1.807, 2.05) is 42.8 Å². The highest BCUT2D eigenvalue weighted by molar-refractivity contribution is 5.77. The minimum atomic E-state index is -0.0164. The third kappa shape index (κ3) is 3.92. The number of carbonyl (C=O) groups is 1. The van der Waals surface area contributed by atoms with E-state index in [4.69, 9.17) is 4.52 Å². The molecule has 1 atom stereocenters. The first-order valence-electron chi connectivity index (χ1n) is 8.95. The van der Waals surface area contributed by atoms with Crippen LogP contribution in [0.2, 0.25) is 0 Å². The van der Waals surface area contributed by atoms with Gasteiger partial charge in [0.05, 0.1) is 23.8 Å². The van der Waals surface area contributed by atoms with Gasteiger partial charge in [0.15, 0.2) is 0 Å². The van der Waals surface area contributed by atoms with Crippen molar-refractivity contribution in [2.24, 2.45) is 5.92 Å². The molecule has 7 heteroatoms. The molecule has 0 aliphatic carbocycles. The second-order valence-electron chi connectivity index (χ2n) is 6.98. The standard InChI is InChI=1S/C19H25N5O2/c1-12(2)17(11-24-18-8-6-5-7-16(18)21-23-24)20-19(25)10-9-15-13(3)22-26-14(15)4/h5-8,12,17H,9-11H2,1-4H3,(H,20,25)/t17-/m0/s1. The molecule has 1 amide bonds. The summed E-state index contributed by atoms with van der Waals surface area (Å²) < 4.78 is 7.01. The van der Waals surface area contributed by atoms with Crippen molar-refractivity contribution < 1.29 is 9.32 Å². The number of hydrogen-bond acceptors (Lipinski definition) is 5. The van der Waals surface area contributed by atoms with Crippen LogP contribution in [0.4, 0.5) is 0 Å². The molecule has 1 aromatic carbocycles. The molecule has 26 heavy (non-hydrogen) atoms. The van der Waals surface area contributed by atoms with Crippen molar-refractivity contribution in [3.63, 3.8) is 0 Å². The largest absolute Gasteiger partial charge is 0.361 e. The number of carbonyl (C=O) groups excluding carboxylic acids is 1. The van der Waals surface area contributed by atoms with Crippen LogP contribution in [0, 0.1) is 19.8 Å². The summed E-state index contributed by atoms with van der Waals surface area (Å²) in [6.07, 6.45) is 1.04. The summed E-state index contributed by atoms with van der Waals surface area (Å²) in [5.41, 5.74) is 3.70. The number of hydrogen-bond donors (Lipinski definition) is 1. The van der Waals surface area contributed by atoms with Crippen molar-refractivity contribution in [2.75, 3.05) is 0 Å². The summed E-state index contributed by atoms with van der Waals surface area (Å²) in [7, 11) is 0. The molecule has 0 saturated heterocycles. The predicted molar refractivity (Wildman–Crippen MR) is 98.6 cm³/mol. The first-order chi connectivity index (χ1) is 12.5. The number of nitrogens with one attached hydrogen (secondary N) is 1. The third-order valence-corrected chi connectivity index (χ3v) is 4.72. The fourth-order valence-corrected chi connectivity index (χ4v) is 3.04. The lowest BCUT2D eigenvalue weighted by Gasteiger charge is -2.22. The smallest absolute Gasteiger partial charge is 0.220 e. The van der Waals surface area contributed by atoms with Crippen molar-refractivity contribution in [1.29, 1.82) is 0 Å². The lowest BCUT2D eigenvalue weighted by Crippen LogP contribution is -2.41. The first-order valence-corrected chi connectivity index (χ1v) is 8.95. The Kier molecular flexibility index (Phi) is 5.35. The number of benzene rings is 1. The molecular formula is C19H25N5O2. The lowest BCUT2D eigenvalue weighted by atomic mass is 10.0. The fraction of sp³-hybridized carbons (Fsp3) is 0.474. The molecule has 0 fully saturated rings. The minimum Gasteiger partial charge on any atom is -0.361 e. The van der Waals surface area contributed by atoms with Crippen molar-refractivity contribution >= 4 is 16.9 Å². The average molecular weight is 355 g/mol. The molecular weight excluding hydrogens is 330 g/mol. The summed E-state index contributed by atoms with van der Waals surface area (Å²) in [6, 6.07) is 7.82. The van der Waals surface area contributed by atoms with Crippen molar-refractivity contribution in [3.8, 4) is 0 Å². The fourth-order valence-electron chi connectivity index (χ4n) is 3.04. The van der Waals surface area contributed by atoms with Gasteiger partial charge in [-0.3, -0.25) is 4.79 Å². The Bertz CT molecular complexity index is 877. The van der Waals surface area contributed by atoms with E-state index in [0.717, 1.165) is 28.1 Å². The van der Waals surface area contributed by atoms with E-state index in [0.29, 0.717) is 19.4 Å². The van der Waals surface area contributed by atoms with Gasteiger partial charge < -0.3 is 9.84 Å². The van der Waals surface area contributed by atoms with E-state index in [1.165, 1.54) is 0 Å². The molecule has 7 nitrogen and oxygen atoms in total. The lowest BCUT2D eigenvalue weighted by molar-refractivity contribution is -0.122. The van der Waals surface area contributed by atoms with Crippen LogP contribution in [0.25, 0.3) is 11.0 Å². The van der Waals surface area contributed by atoms with E-state index in [-0.39, 0.29) is 17.9 Å². The number of aromatic nitrogens is 4. The van der Waals surface area contributed by atoms with Gasteiger partial charge in [-0.15, -0.1) is 5.10 Å². The maximum Gasteiger partial charge on any atom is 0.220 e. The second-order valence-corrected chi connectivity index (χ2v) is 6.98. The zero-order valence-corrected chi connectivity index (χ0v) is 15.7. The van der Waals surface area contributed by atoms with E-state index >= 15 is 0 Å². The molecule has 1 N–H and O–H groups in total. The number of nitrogens with zero attached hydrogens (tertiary/aromatic N) is 4. The highest BCUT2D eigenvalue weighted by atomic mass is 16.5. The van der Waals surface area contributed by atoms with Gasteiger partial charge in [0.2, 0.25) is 5.91 Å². The van der Waals surface area contributed by atoms with Crippen LogP contribution < -0.4 is 5.32 Å². The van der Waals surface area contributed by atoms with Crippen LogP contribution in [0.1, 0.15) is 37.3 Å². The van der Waals surface area contributed by atoms with Crippen LogP contribution in [0.15, 0.2) is 28.8 Å². The Balaban J connectivity index is 1.64. The molecule has 0 aliphatic heterocycles. The highest BCUT2D eigenvalue weighted by Gasteiger charge is 2.19. The Labute approximate surface area is 152 Å². The van der Waals surface area contributed by atoms with Gasteiger partial charge in [-0.05, 0) is 38.3 Å². The maximum atomic E-state index is 12.5. The molecule has 0 spiro atoms. The molecule has 2 aromatic heterocycles. The number of amides is 1. The summed E-state index contributed by atoms with van der Waals surface area (Å²) in [5, 5.41) is 15.5. The maximum absolute atomic E-state index is 12.5. The van der Waals surface area contributed by atoms with Gasteiger partial charge in [0, 0.05) is 12.0 Å². The van der Waals surface area contributed by atoms with Crippen molar-refractivity contribution in [3.05, 3.63) is 41.3 Å². The Morgan fingerprint density at radius 2 is 2.04 bits per heavy atom. The molecule has 0 unspecified atom stereocenters. The third-order valence-electron chi connectivity index (χ3n) is 4.72. The van der Waals surface area contributed by atoms with Crippen LogP contribution in [-0.2, 0) is 17.8 Å².